The van der Waals surface area contributed by atoms with E-state index in [4.69, 9.17) is 27.9 Å². The van der Waals surface area contributed by atoms with Crippen molar-refractivity contribution in [3.05, 3.63) is 85.6 Å². The van der Waals surface area contributed by atoms with E-state index in [1.807, 2.05) is 0 Å². The zero-order valence-corrected chi connectivity index (χ0v) is 13.5. The lowest BCUT2D eigenvalue weighted by Gasteiger charge is -2.09. The molecule has 8 heteroatoms. The van der Waals surface area contributed by atoms with Crippen LogP contribution in [0.1, 0.15) is 22.0 Å². The van der Waals surface area contributed by atoms with Crippen molar-refractivity contribution in [2.45, 2.75) is 6.10 Å². The summed E-state index contributed by atoms with van der Waals surface area (Å²) in [4.78, 5) is 22.7. The molecule has 0 aromatic heterocycles. The second kappa shape index (κ2) is 6.51. The van der Waals surface area contributed by atoms with E-state index in [9.17, 15) is 14.9 Å². The number of ether oxygens (including phenoxy) is 1. The molecule has 0 aliphatic carbocycles. The van der Waals surface area contributed by atoms with E-state index in [0.717, 1.165) is 6.20 Å². The van der Waals surface area contributed by atoms with Gasteiger partial charge in [-0.3, -0.25) is 10.1 Å². The van der Waals surface area contributed by atoms with Crippen LogP contribution in [0.15, 0.2) is 54.4 Å². The molecule has 1 atom stereocenters. The maximum atomic E-state index is 11.8. The molecule has 0 saturated carbocycles. The maximum absolute atomic E-state index is 11.8. The Bertz CT molecular complexity index is 867. The molecule has 0 saturated heterocycles. The van der Waals surface area contributed by atoms with Crippen LogP contribution in [0.5, 0.6) is 0 Å². The van der Waals surface area contributed by atoms with E-state index in [-0.39, 0.29) is 5.70 Å². The monoisotopic (exact) mass is 364 g/mol. The largest absolute Gasteiger partial charge is 0.442 e. The van der Waals surface area contributed by atoms with Gasteiger partial charge in [-0.15, -0.1) is 0 Å². The number of carbonyl (C=O) groups excluding carboxylic acids is 1. The van der Waals surface area contributed by atoms with Gasteiger partial charge in [0.15, 0.2) is 0 Å². The summed E-state index contributed by atoms with van der Waals surface area (Å²) in [6.45, 7) is 0. The smallest absolute Gasteiger partial charge is 0.339 e. The van der Waals surface area contributed by atoms with Crippen molar-refractivity contribution in [1.82, 2.24) is 0 Å². The van der Waals surface area contributed by atoms with Crippen molar-refractivity contribution in [2.24, 2.45) is 0 Å². The third kappa shape index (κ3) is 3.06. The van der Waals surface area contributed by atoms with E-state index in [2.05, 4.69) is 5.32 Å². The molecular weight excluding hydrogens is 355 g/mol. The summed E-state index contributed by atoms with van der Waals surface area (Å²) in [7, 11) is 0. The Kier molecular flexibility index (Phi) is 4.42. The minimum Gasteiger partial charge on any atom is -0.442 e. The number of nitro groups is 1. The zero-order chi connectivity index (χ0) is 17.3. The van der Waals surface area contributed by atoms with Crippen molar-refractivity contribution in [3.63, 3.8) is 0 Å². The van der Waals surface area contributed by atoms with Gasteiger partial charge < -0.3 is 10.1 Å². The molecule has 1 aliphatic rings. The number of carbonyl (C=O) groups is 1. The summed E-state index contributed by atoms with van der Waals surface area (Å²) >= 11 is 11.8. The highest BCUT2D eigenvalue weighted by Crippen LogP contribution is 2.36. The number of hydrogen-bond donors (Lipinski definition) is 1. The lowest BCUT2D eigenvalue weighted by molar-refractivity contribution is -0.436. The topological polar surface area (TPSA) is 81.5 Å². The van der Waals surface area contributed by atoms with E-state index in [1.54, 1.807) is 36.4 Å². The summed E-state index contributed by atoms with van der Waals surface area (Å²) < 4.78 is 5.15. The summed E-state index contributed by atoms with van der Waals surface area (Å²) in [5, 5.41) is 14.9. The fourth-order valence-electron chi connectivity index (χ4n) is 2.35. The van der Waals surface area contributed by atoms with Crippen LogP contribution in [-0.4, -0.2) is 10.9 Å². The van der Waals surface area contributed by atoms with Crippen LogP contribution in [0, 0.1) is 10.1 Å². The fraction of sp³-hybridized carbons (Fsp3) is 0.0625. The molecule has 1 heterocycles. The van der Waals surface area contributed by atoms with Gasteiger partial charge in [0.1, 0.15) is 0 Å². The predicted octanol–water partition coefficient (Wildman–Crippen LogP) is 4.44. The SMILES string of the molecule is O=C1O[C@H](/C(=C/Nc2ccc(Cl)cc2Cl)[N+](=O)[O-])c2ccccc21. The molecule has 6 nitrogen and oxygen atoms in total. The van der Waals surface area contributed by atoms with Gasteiger partial charge in [-0.2, -0.15) is 0 Å². The first-order valence-electron chi connectivity index (χ1n) is 6.83. The summed E-state index contributed by atoms with van der Waals surface area (Å²) in [6.07, 6.45) is 0.0806. The summed E-state index contributed by atoms with van der Waals surface area (Å²) in [5.41, 5.74) is 0.909. The van der Waals surface area contributed by atoms with Crippen LogP contribution in [0.3, 0.4) is 0 Å². The molecule has 0 radical (unpaired) electrons. The van der Waals surface area contributed by atoms with Crippen LogP contribution in [0.2, 0.25) is 10.0 Å². The van der Waals surface area contributed by atoms with Gasteiger partial charge in [-0.1, -0.05) is 41.4 Å². The Morgan fingerprint density at radius 1 is 1.25 bits per heavy atom. The molecular formula is C16H10Cl2N2O4. The highest BCUT2D eigenvalue weighted by molar-refractivity contribution is 6.36. The van der Waals surface area contributed by atoms with Crippen LogP contribution in [-0.2, 0) is 4.74 Å². The molecule has 0 bridgehead atoms. The Morgan fingerprint density at radius 3 is 2.71 bits per heavy atom. The Balaban J connectivity index is 1.94. The van der Waals surface area contributed by atoms with Gasteiger partial charge in [0.05, 0.1) is 27.4 Å². The Labute approximate surface area is 146 Å². The number of esters is 1. The van der Waals surface area contributed by atoms with Crippen molar-refractivity contribution >= 4 is 34.9 Å². The minimum atomic E-state index is -1.08. The van der Waals surface area contributed by atoms with Crippen molar-refractivity contribution in [2.75, 3.05) is 5.32 Å². The number of rotatable bonds is 4. The zero-order valence-electron chi connectivity index (χ0n) is 12.0. The molecule has 122 valence electrons. The third-order valence-corrected chi connectivity index (χ3v) is 4.02. The quantitative estimate of drug-likeness (QED) is 0.492. The number of nitrogens with zero attached hydrogens (tertiary/aromatic N) is 1. The lowest BCUT2D eigenvalue weighted by Crippen LogP contribution is -2.12. The standard InChI is InChI=1S/C16H10Cl2N2O4/c17-9-5-6-13(12(18)7-9)19-8-14(20(22)23)15-10-3-1-2-4-11(10)16(21)24-15/h1-8,15,19H/b14-8-/t15-/m0/s1. The van der Waals surface area contributed by atoms with Gasteiger partial charge in [0, 0.05) is 10.6 Å². The van der Waals surface area contributed by atoms with Crippen LogP contribution < -0.4 is 5.32 Å². The third-order valence-electron chi connectivity index (χ3n) is 3.47. The van der Waals surface area contributed by atoms with E-state index < -0.39 is 17.0 Å². The predicted molar refractivity (Wildman–Crippen MR) is 89.8 cm³/mol. The average Bonchev–Trinajstić information content (AvgIpc) is 2.87. The van der Waals surface area contributed by atoms with Crippen LogP contribution in [0.25, 0.3) is 0 Å². The van der Waals surface area contributed by atoms with Crippen molar-refractivity contribution < 1.29 is 14.5 Å². The molecule has 24 heavy (non-hydrogen) atoms. The molecule has 1 aliphatic heterocycles. The molecule has 2 aromatic rings. The van der Waals surface area contributed by atoms with Crippen molar-refractivity contribution in [1.29, 1.82) is 0 Å². The van der Waals surface area contributed by atoms with Gasteiger partial charge in [0.25, 0.3) is 0 Å². The Hall–Kier alpha value is -2.57. The number of fused-ring (bicyclic) bond motifs is 1. The number of halogens is 2. The summed E-state index contributed by atoms with van der Waals surface area (Å²) in [6, 6.07) is 11.2. The molecule has 0 fully saturated rings. The second-order valence-electron chi connectivity index (χ2n) is 4.97. The molecule has 0 spiro atoms. The normalized spacial score (nSPS) is 16.5. The molecule has 0 amide bonds. The number of cyclic esters (lactones) is 1. The van der Waals surface area contributed by atoms with Crippen molar-refractivity contribution in [3.8, 4) is 0 Å². The van der Waals surface area contributed by atoms with Crippen LogP contribution >= 0.6 is 23.2 Å². The van der Waals surface area contributed by atoms with Gasteiger partial charge >= 0.3 is 11.7 Å². The number of anilines is 1. The van der Waals surface area contributed by atoms with Gasteiger partial charge in [-0.05, 0) is 24.3 Å². The molecule has 0 unspecified atom stereocenters. The number of hydrogen-bond acceptors (Lipinski definition) is 5. The lowest BCUT2D eigenvalue weighted by atomic mass is 10.0. The molecule has 2 aromatic carbocycles. The highest BCUT2D eigenvalue weighted by atomic mass is 35.5. The number of nitrogens with one attached hydrogen (secondary N) is 1. The first-order valence-corrected chi connectivity index (χ1v) is 7.59. The first kappa shape index (κ1) is 16.3. The number of benzene rings is 2. The van der Waals surface area contributed by atoms with Gasteiger partial charge in [0.2, 0.25) is 6.10 Å². The first-order chi connectivity index (χ1) is 11.5. The summed E-state index contributed by atoms with van der Waals surface area (Å²) in [5.74, 6) is -0.590. The van der Waals surface area contributed by atoms with E-state index in [1.165, 1.54) is 6.07 Å². The second-order valence-corrected chi connectivity index (χ2v) is 5.81. The molecule has 1 N–H and O–H groups in total. The van der Waals surface area contributed by atoms with Crippen LogP contribution in [0.4, 0.5) is 5.69 Å². The maximum Gasteiger partial charge on any atom is 0.339 e. The van der Waals surface area contributed by atoms with Gasteiger partial charge in [-0.25, -0.2) is 4.79 Å². The fourth-order valence-corrected chi connectivity index (χ4v) is 2.81. The average molecular weight is 365 g/mol. The van der Waals surface area contributed by atoms with E-state index >= 15 is 0 Å². The Morgan fingerprint density at radius 2 is 2.00 bits per heavy atom. The molecule has 3 rings (SSSR count). The minimum absolute atomic E-state index is 0.306. The van der Waals surface area contributed by atoms with E-state index in [0.29, 0.717) is 26.9 Å². The highest BCUT2D eigenvalue weighted by Gasteiger charge is 2.39.